The van der Waals surface area contributed by atoms with Crippen molar-refractivity contribution in [1.82, 2.24) is 29.5 Å². The first kappa shape index (κ1) is 36.0. The first-order chi connectivity index (χ1) is 23.8. The van der Waals surface area contributed by atoms with Crippen LogP contribution in [-0.4, -0.2) is 46.3 Å². The summed E-state index contributed by atoms with van der Waals surface area (Å²) in [4.78, 5) is 20.7. The fraction of sp³-hybridized carbons (Fsp3) is 0. The molecular formula is C37H20N6O4Pd2S2. The summed E-state index contributed by atoms with van der Waals surface area (Å²) in [6.07, 6.45) is 5.82. The number of fused-ring (bicyclic) bond motifs is 3. The van der Waals surface area contributed by atoms with Gasteiger partial charge < -0.3 is 14.5 Å². The summed E-state index contributed by atoms with van der Waals surface area (Å²) in [5.41, 5.74) is 2.81. The topological polar surface area (TPSA) is 138 Å². The number of hydrogen-bond donors (Lipinski definition) is 0. The molecule has 51 heavy (non-hydrogen) atoms. The molecule has 0 N–H and O–H groups in total. The van der Waals surface area contributed by atoms with Gasteiger partial charge in [-0.15, -0.1) is 71.8 Å². The third-order valence-electron chi connectivity index (χ3n) is 7.79. The molecule has 0 aliphatic rings. The van der Waals surface area contributed by atoms with Crippen LogP contribution < -0.4 is 0 Å². The van der Waals surface area contributed by atoms with Gasteiger partial charge in [0.05, 0.1) is 0 Å². The van der Waals surface area contributed by atoms with Crippen LogP contribution in [0.4, 0.5) is 0 Å². The average molecular weight is 890 g/mol. The quantitative estimate of drug-likeness (QED) is 0.140. The monoisotopic (exact) mass is 888 g/mol. The van der Waals surface area contributed by atoms with Crippen LogP contribution in [0.3, 0.4) is 0 Å². The molecule has 0 bridgehead atoms. The first-order valence-corrected chi connectivity index (χ1v) is 17.7. The Kier molecular flexibility index (Phi) is 10.2. The van der Waals surface area contributed by atoms with Crippen molar-refractivity contribution < 1.29 is 57.7 Å². The van der Waals surface area contributed by atoms with Gasteiger partial charge in [-0.3, -0.25) is 0 Å². The predicted octanol–water partition coefficient (Wildman–Crippen LogP) is 5.95. The molecule has 4 aromatic heterocycles. The third kappa shape index (κ3) is 6.59. The summed E-state index contributed by atoms with van der Waals surface area (Å²) in [7, 11) is -8.23. The Hall–Kier alpha value is -4.79. The molecule has 0 aliphatic heterocycles. The van der Waals surface area contributed by atoms with Gasteiger partial charge in [0.25, 0.3) is 0 Å². The Morgan fingerprint density at radius 2 is 0.922 bits per heavy atom. The molecule has 0 aliphatic carbocycles. The van der Waals surface area contributed by atoms with Crippen LogP contribution in [0.1, 0.15) is 0 Å². The van der Waals surface area contributed by atoms with Crippen LogP contribution in [0.15, 0.2) is 142 Å². The molecule has 0 fully saturated rings. The van der Waals surface area contributed by atoms with Crippen molar-refractivity contribution in [1.29, 1.82) is 0 Å². The molecular weight excluding hydrogens is 869 g/mol. The van der Waals surface area contributed by atoms with E-state index in [9.17, 15) is 16.8 Å². The molecule has 0 atom stereocenters. The van der Waals surface area contributed by atoms with Crippen LogP contribution in [0.5, 0.6) is 0 Å². The summed E-state index contributed by atoms with van der Waals surface area (Å²) in [5.74, 6) is 0.124. The van der Waals surface area contributed by atoms with Crippen molar-refractivity contribution in [2.45, 2.75) is 19.6 Å². The zero-order valence-electron chi connectivity index (χ0n) is 25.8. The summed E-state index contributed by atoms with van der Waals surface area (Å²) >= 11 is 0. The number of rotatable bonds is 7. The van der Waals surface area contributed by atoms with Crippen LogP contribution in [0.25, 0.3) is 50.3 Å². The second kappa shape index (κ2) is 14.4. The summed E-state index contributed by atoms with van der Waals surface area (Å²) in [6.45, 7) is 0. The predicted molar refractivity (Wildman–Crippen MR) is 180 cm³/mol. The van der Waals surface area contributed by atoms with Crippen molar-refractivity contribution in [3.05, 3.63) is 146 Å². The maximum absolute atomic E-state index is 14.0. The maximum atomic E-state index is 14.0. The summed E-state index contributed by atoms with van der Waals surface area (Å²) < 4.78 is 57.4. The molecule has 10 nitrogen and oxygen atoms in total. The van der Waals surface area contributed by atoms with Gasteiger partial charge in [-0.1, -0.05) is 35.3 Å². The van der Waals surface area contributed by atoms with Crippen molar-refractivity contribution >= 4 is 41.5 Å². The van der Waals surface area contributed by atoms with E-state index in [2.05, 4.69) is 49.2 Å². The standard InChI is InChI=1S/C37H20N6O4S2.2Pd/c44-48(45,27-9-5-7-25(19-27)33-11-1-3-17-39-33)29-13-15-31-32-16-14-30(22-36(32)43(35(31)21-29)37-41-23-38-24-42-37)49(46,47)28-10-6-8-26(20-28)34-12-2-4-18-40-34;;/h1-18,23-24H;;/q-4;2*+2. The average Bonchev–Trinajstić information content (AvgIpc) is 3.49. The molecule has 0 saturated heterocycles. The zero-order chi connectivity index (χ0) is 33.6. The van der Waals surface area contributed by atoms with Gasteiger partial charge >= 0.3 is 40.8 Å². The Bertz CT molecular complexity index is 2580. The number of benzene rings is 4. The van der Waals surface area contributed by atoms with Crippen LogP contribution in [0.2, 0.25) is 0 Å². The van der Waals surface area contributed by atoms with Gasteiger partial charge in [-0.2, -0.15) is 35.0 Å². The number of aromatic nitrogens is 6. The fourth-order valence-electron chi connectivity index (χ4n) is 5.48. The van der Waals surface area contributed by atoms with E-state index in [0.29, 0.717) is 44.3 Å². The molecule has 8 rings (SSSR count). The van der Waals surface area contributed by atoms with Crippen molar-refractivity contribution in [2.24, 2.45) is 0 Å². The normalized spacial score (nSPS) is 11.5. The molecule has 0 spiro atoms. The molecule has 0 radical (unpaired) electrons. The van der Waals surface area contributed by atoms with E-state index in [0.717, 1.165) is 0 Å². The molecule has 8 aromatic rings. The van der Waals surface area contributed by atoms with Crippen LogP contribution in [0, 0.1) is 24.3 Å². The second-order valence-electron chi connectivity index (χ2n) is 10.7. The van der Waals surface area contributed by atoms with Crippen molar-refractivity contribution in [3.63, 3.8) is 0 Å². The third-order valence-corrected chi connectivity index (χ3v) is 11.1. The van der Waals surface area contributed by atoms with E-state index < -0.39 is 19.7 Å². The van der Waals surface area contributed by atoms with Gasteiger partial charge in [0, 0.05) is 12.4 Å². The number of nitrogens with zero attached hydrogens (tertiary/aromatic N) is 6. The van der Waals surface area contributed by atoms with Gasteiger partial charge in [-0.05, 0) is 43.1 Å². The molecule has 0 unspecified atom stereocenters. The minimum Gasteiger partial charge on any atom is -0.328 e. The van der Waals surface area contributed by atoms with E-state index in [-0.39, 0.29) is 66.4 Å². The van der Waals surface area contributed by atoms with Gasteiger partial charge in [0.2, 0.25) is 5.95 Å². The number of hydrogen-bond acceptors (Lipinski definition) is 9. The van der Waals surface area contributed by atoms with Crippen LogP contribution in [-0.2, 0) is 60.5 Å². The molecule has 254 valence electrons. The largest absolute Gasteiger partial charge is 2.00 e. The minimum atomic E-state index is -4.11. The molecule has 4 heterocycles. The van der Waals surface area contributed by atoms with Crippen LogP contribution >= 0.6 is 0 Å². The van der Waals surface area contributed by atoms with Crippen molar-refractivity contribution in [3.8, 4) is 28.5 Å². The Morgan fingerprint density at radius 3 is 1.35 bits per heavy atom. The Balaban J connectivity index is 0.00000224. The zero-order valence-corrected chi connectivity index (χ0v) is 30.6. The van der Waals surface area contributed by atoms with E-state index >= 15 is 0 Å². The van der Waals surface area contributed by atoms with Crippen molar-refractivity contribution in [2.75, 3.05) is 0 Å². The molecule has 0 amide bonds. The van der Waals surface area contributed by atoms with Gasteiger partial charge in [0.15, 0.2) is 19.7 Å². The summed E-state index contributed by atoms with van der Waals surface area (Å²) in [5, 5.41) is 1.17. The Labute approximate surface area is 320 Å². The molecule has 4 aromatic carbocycles. The first-order valence-electron chi connectivity index (χ1n) is 14.7. The van der Waals surface area contributed by atoms with E-state index in [1.165, 1.54) is 41.5 Å². The smallest absolute Gasteiger partial charge is 0.328 e. The summed E-state index contributed by atoms with van der Waals surface area (Å²) in [6, 6.07) is 38.7. The van der Waals surface area contributed by atoms with E-state index in [1.807, 2.05) is 12.1 Å². The number of pyridine rings is 2. The number of sulfone groups is 2. The maximum Gasteiger partial charge on any atom is 2.00 e. The minimum absolute atomic E-state index is 0. The van der Waals surface area contributed by atoms with Gasteiger partial charge in [0.1, 0.15) is 12.7 Å². The molecule has 14 heteroatoms. The molecule has 0 saturated carbocycles. The van der Waals surface area contributed by atoms with E-state index in [4.69, 9.17) is 0 Å². The Morgan fingerprint density at radius 1 is 0.471 bits per heavy atom. The van der Waals surface area contributed by atoms with Gasteiger partial charge in [-0.25, -0.2) is 31.8 Å². The second-order valence-corrected chi connectivity index (χ2v) is 14.5. The van der Waals surface area contributed by atoms with E-state index in [1.54, 1.807) is 73.1 Å². The SMILES string of the molecule is O=S(=O)(c1[c-]c(-c2ccccn2)ccc1)c1[c-]c2c(cc1)c1ccc(S(=O)(=O)c3[c-]c(-c4ccccn4)ccc3)[c-]c1n2-c1ncncn1.[Pd+2].[Pd+2]. The fourth-order valence-corrected chi connectivity index (χ4v) is 7.91.